The largest absolute Gasteiger partial charge is 0.271 e. The van der Waals surface area contributed by atoms with Crippen molar-refractivity contribution in [2.45, 2.75) is 35.4 Å². The molecule has 2 atom stereocenters. The zero-order valence-electron chi connectivity index (χ0n) is 11.5. The average molecular weight is 284 g/mol. The first-order chi connectivity index (χ1) is 9.86. The summed E-state index contributed by atoms with van der Waals surface area (Å²) in [7, 11) is 0. The van der Waals surface area contributed by atoms with Crippen LogP contribution in [0.3, 0.4) is 0 Å². The van der Waals surface area contributed by atoms with E-state index in [4.69, 9.17) is 5.84 Å². The second-order valence-corrected chi connectivity index (χ2v) is 6.55. The van der Waals surface area contributed by atoms with Crippen molar-refractivity contribution >= 4 is 11.8 Å². The number of hydrogen-bond acceptors (Lipinski definition) is 3. The van der Waals surface area contributed by atoms with Crippen molar-refractivity contribution in [2.75, 3.05) is 0 Å². The van der Waals surface area contributed by atoms with Gasteiger partial charge in [-0.3, -0.25) is 11.3 Å². The second-order valence-electron chi connectivity index (χ2n) is 5.27. The Hall–Kier alpha value is -1.29. The van der Waals surface area contributed by atoms with Crippen LogP contribution in [0.5, 0.6) is 0 Å². The van der Waals surface area contributed by atoms with E-state index in [-0.39, 0.29) is 0 Å². The highest BCUT2D eigenvalue weighted by Gasteiger charge is 2.28. The number of nitrogens with one attached hydrogen (secondary N) is 1. The Kier molecular flexibility index (Phi) is 4.41. The van der Waals surface area contributed by atoms with Gasteiger partial charge >= 0.3 is 0 Å². The summed E-state index contributed by atoms with van der Waals surface area (Å²) in [6.45, 7) is 0. The molecule has 1 aliphatic rings. The molecule has 104 valence electrons. The molecule has 0 spiro atoms. The molecule has 2 nitrogen and oxygen atoms in total. The number of fused-ring (bicyclic) bond motifs is 1. The third-order valence-electron chi connectivity index (χ3n) is 3.92. The normalized spacial score (nSPS) is 18.8. The van der Waals surface area contributed by atoms with Crippen LogP contribution in [0.2, 0.25) is 0 Å². The van der Waals surface area contributed by atoms with Gasteiger partial charge in [-0.15, -0.1) is 11.8 Å². The zero-order chi connectivity index (χ0) is 13.8. The van der Waals surface area contributed by atoms with Gasteiger partial charge in [0.15, 0.2) is 0 Å². The molecule has 0 fully saturated rings. The van der Waals surface area contributed by atoms with Gasteiger partial charge in [-0.1, -0.05) is 48.5 Å². The number of thioether (sulfide) groups is 1. The molecule has 3 rings (SSSR count). The van der Waals surface area contributed by atoms with E-state index in [1.54, 1.807) is 0 Å². The van der Waals surface area contributed by atoms with Gasteiger partial charge in [0, 0.05) is 16.2 Å². The molecule has 0 amide bonds. The topological polar surface area (TPSA) is 38.0 Å². The van der Waals surface area contributed by atoms with E-state index in [2.05, 4.69) is 60.0 Å². The van der Waals surface area contributed by atoms with Crippen LogP contribution in [0.15, 0.2) is 59.5 Å². The second kappa shape index (κ2) is 6.44. The lowest BCUT2D eigenvalue weighted by atomic mass is 9.99. The SMILES string of the molecule is NNC(CCc1ccccc1)C1Cc2ccccc2S1. The van der Waals surface area contributed by atoms with Gasteiger partial charge in [0.2, 0.25) is 0 Å². The highest BCUT2D eigenvalue weighted by atomic mass is 32.2. The molecular formula is C17H20N2S. The van der Waals surface area contributed by atoms with Crippen molar-refractivity contribution in [3.63, 3.8) is 0 Å². The molecule has 2 aromatic carbocycles. The van der Waals surface area contributed by atoms with Crippen molar-refractivity contribution in [1.82, 2.24) is 5.43 Å². The van der Waals surface area contributed by atoms with Crippen molar-refractivity contribution in [3.8, 4) is 0 Å². The lowest BCUT2D eigenvalue weighted by Crippen LogP contribution is -2.42. The van der Waals surface area contributed by atoms with E-state index in [0.717, 1.165) is 19.3 Å². The van der Waals surface area contributed by atoms with Crippen LogP contribution in [0.1, 0.15) is 17.5 Å². The highest BCUT2D eigenvalue weighted by Crippen LogP contribution is 2.38. The number of rotatable bonds is 5. The summed E-state index contributed by atoms with van der Waals surface area (Å²) < 4.78 is 0. The van der Waals surface area contributed by atoms with Crippen LogP contribution in [-0.4, -0.2) is 11.3 Å². The number of aryl methyl sites for hydroxylation is 1. The Morgan fingerprint density at radius 1 is 1.10 bits per heavy atom. The fraction of sp³-hybridized carbons (Fsp3) is 0.294. The first-order valence-electron chi connectivity index (χ1n) is 7.11. The summed E-state index contributed by atoms with van der Waals surface area (Å²) in [5.41, 5.74) is 5.87. The first kappa shape index (κ1) is 13.7. The molecule has 3 N–H and O–H groups in total. The van der Waals surface area contributed by atoms with E-state index in [1.807, 2.05) is 11.8 Å². The Morgan fingerprint density at radius 3 is 2.60 bits per heavy atom. The molecule has 3 heteroatoms. The molecule has 0 saturated carbocycles. The fourth-order valence-corrected chi connectivity index (χ4v) is 4.20. The smallest absolute Gasteiger partial charge is 0.0339 e. The van der Waals surface area contributed by atoms with Crippen LogP contribution < -0.4 is 11.3 Å². The minimum Gasteiger partial charge on any atom is -0.271 e. The maximum atomic E-state index is 5.79. The van der Waals surface area contributed by atoms with Gasteiger partial charge in [-0.25, -0.2) is 0 Å². The van der Waals surface area contributed by atoms with Crippen LogP contribution in [0.4, 0.5) is 0 Å². The van der Waals surface area contributed by atoms with Crippen LogP contribution >= 0.6 is 11.8 Å². The number of nitrogens with two attached hydrogens (primary N) is 1. The van der Waals surface area contributed by atoms with Crippen molar-refractivity contribution < 1.29 is 0 Å². The third-order valence-corrected chi connectivity index (χ3v) is 5.37. The van der Waals surface area contributed by atoms with Crippen molar-refractivity contribution in [1.29, 1.82) is 0 Å². The maximum absolute atomic E-state index is 5.79. The Morgan fingerprint density at radius 2 is 1.85 bits per heavy atom. The van der Waals surface area contributed by atoms with Crippen molar-refractivity contribution in [3.05, 3.63) is 65.7 Å². The monoisotopic (exact) mass is 284 g/mol. The molecule has 1 aliphatic heterocycles. The van der Waals surface area contributed by atoms with E-state index < -0.39 is 0 Å². The van der Waals surface area contributed by atoms with Gasteiger partial charge < -0.3 is 0 Å². The number of hydrogen-bond donors (Lipinski definition) is 2. The van der Waals surface area contributed by atoms with Crippen LogP contribution in [-0.2, 0) is 12.8 Å². The number of hydrazine groups is 1. The average Bonchev–Trinajstić information content (AvgIpc) is 2.92. The number of benzene rings is 2. The summed E-state index contributed by atoms with van der Waals surface area (Å²) in [5, 5.41) is 0.543. The van der Waals surface area contributed by atoms with Crippen LogP contribution in [0, 0.1) is 0 Å². The van der Waals surface area contributed by atoms with Gasteiger partial charge in [0.25, 0.3) is 0 Å². The molecule has 2 unspecified atom stereocenters. The molecule has 0 saturated heterocycles. The van der Waals surface area contributed by atoms with E-state index in [9.17, 15) is 0 Å². The maximum Gasteiger partial charge on any atom is 0.0339 e. The molecule has 0 aromatic heterocycles. The summed E-state index contributed by atoms with van der Waals surface area (Å²) in [4.78, 5) is 1.41. The van der Waals surface area contributed by atoms with Gasteiger partial charge in [0.05, 0.1) is 0 Å². The molecule has 0 radical (unpaired) electrons. The van der Waals surface area contributed by atoms with Gasteiger partial charge in [-0.05, 0) is 36.5 Å². The Balaban J connectivity index is 1.61. The van der Waals surface area contributed by atoms with Crippen LogP contribution in [0.25, 0.3) is 0 Å². The minimum atomic E-state index is 0.354. The molecule has 1 heterocycles. The third kappa shape index (κ3) is 3.06. The van der Waals surface area contributed by atoms with E-state index in [1.165, 1.54) is 16.0 Å². The van der Waals surface area contributed by atoms with Gasteiger partial charge in [-0.2, -0.15) is 0 Å². The molecular weight excluding hydrogens is 264 g/mol. The predicted octanol–water partition coefficient (Wildman–Crippen LogP) is 3.17. The highest BCUT2D eigenvalue weighted by molar-refractivity contribution is 8.00. The molecule has 0 aliphatic carbocycles. The van der Waals surface area contributed by atoms with E-state index >= 15 is 0 Å². The standard InChI is InChI=1S/C17H20N2S/c18-19-15(11-10-13-6-2-1-3-7-13)17-12-14-8-4-5-9-16(14)20-17/h1-9,15,17,19H,10-12,18H2. The summed E-state index contributed by atoms with van der Waals surface area (Å²) in [5.74, 6) is 5.79. The molecule has 2 aromatic rings. The van der Waals surface area contributed by atoms with Crippen molar-refractivity contribution in [2.24, 2.45) is 5.84 Å². The summed E-state index contributed by atoms with van der Waals surface area (Å²) >= 11 is 1.96. The fourth-order valence-electron chi connectivity index (χ4n) is 2.78. The first-order valence-corrected chi connectivity index (χ1v) is 7.99. The summed E-state index contributed by atoms with van der Waals surface area (Å²) in [6.07, 6.45) is 3.26. The summed E-state index contributed by atoms with van der Waals surface area (Å²) in [6, 6.07) is 19.7. The minimum absolute atomic E-state index is 0.354. The Labute approximate surface area is 124 Å². The lowest BCUT2D eigenvalue weighted by molar-refractivity contribution is 0.478. The lowest BCUT2D eigenvalue weighted by Gasteiger charge is -2.21. The Bertz CT molecular complexity index is 531. The predicted molar refractivity (Wildman–Crippen MR) is 85.7 cm³/mol. The van der Waals surface area contributed by atoms with Gasteiger partial charge in [0.1, 0.15) is 0 Å². The quantitative estimate of drug-likeness (QED) is 0.654. The zero-order valence-corrected chi connectivity index (χ0v) is 12.3. The molecule has 0 bridgehead atoms. The van der Waals surface area contributed by atoms with E-state index in [0.29, 0.717) is 11.3 Å². The molecule has 20 heavy (non-hydrogen) atoms.